The van der Waals surface area contributed by atoms with Gasteiger partial charge >= 0.3 is 0 Å². The van der Waals surface area contributed by atoms with Gasteiger partial charge in [-0.3, -0.25) is 0 Å². The molecular weight excluding hydrogens is 152 g/mol. The smallest absolute Gasteiger partial charge is 0.124 e. The fraction of sp³-hybridized carbons (Fsp3) is 0.800. The van der Waals surface area contributed by atoms with E-state index >= 15 is 0 Å². The van der Waals surface area contributed by atoms with Gasteiger partial charge in [-0.25, -0.2) is 0 Å². The molecule has 0 radical (unpaired) electrons. The molecule has 0 aliphatic heterocycles. The Kier molecular flexibility index (Phi) is 4.15. The molecule has 1 rings (SSSR count). The van der Waals surface area contributed by atoms with Crippen LogP contribution in [-0.2, 0) is 4.74 Å². The van der Waals surface area contributed by atoms with E-state index in [1.807, 2.05) is 0 Å². The van der Waals surface area contributed by atoms with Gasteiger partial charge in [0.2, 0.25) is 0 Å². The third-order valence-electron chi connectivity index (χ3n) is 2.44. The molecule has 0 amide bonds. The molecular formula is C10H18O2. The van der Waals surface area contributed by atoms with Crippen molar-refractivity contribution in [2.45, 2.75) is 50.7 Å². The Morgan fingerprint density at radius 3 is 2.50 bits per heavy atom. The van der Waals surface area contributed by atoms with E-state index < -0.39 is 0 Å². The van der Waals surface area contributed by atoms with Gasteiger partial charge in [0.05, 0.1) is 12.4 Å². The van der Waals surface area contributed by atoms with Gasteiger partial charge in [-0.1, -0.05) is 25.8 Å². The molecule has 12 heavy (non-hydrogen) atoms. The maximum absolute atomic E-state index is 9.63. The highest BCUT2D eigenvalue weighted by atomic mass is 16.5. The molecule has 1 fully saturated rings. The molecule has 2 atom stereocenters. The Bertz CT molecular complexity index is 134. The van der Waals surface area contributed by atoms with Crippen LogP contribution in [0.15, 0.2) is 12.8 Å². The minimum Gasteiger partial charge on any atom is -0.496 e. The highest BCUT2D eigenvalue weighted by molar-refractivity contribution is 4.74. The van der Waals surface area contributed by atoms with Gasteiger partial charge in [0.1, 0.15) is 6.10 Å². The Hall–Kier alpha value is -0.500. The van der Waals surface area contributed by atoms with Crippen LogP contribution in [0.3, 0.4) is 0 Å². The van der Waals surface area contributed by atoms with Crippen molar-refractivity contribution in [1.29, 1.82) is 0 Å². The highest BCUT2D eigenvalue weighted by Crippen LogP contribution is 2.19. The second-order valence-electron chi connectivity index (χ2n) is 3.40. The lowest BCUT2D eigenvalue weighted by Crippen LogP contribution is -2.28. The maximum atomic E-state index is 9.63. The number of hydrogen-bond acceptors (Lipinski definition) is 2. The maximum Gasteiger partial charge on any atom is 0.124 e. The van der Waals surface area contributed by atoms with Crippen molar-refractivity contribution in [1.82, 2.24) is 0 Å². The molecule has 0 aromatic heterocycles. The average Bonchev–Trinajstić information content (AvgIpc) is 2.05. The second-order valence-corrected chi connectivity index (χ2v) is 3.40. The zero-order valence-electron chi connectivity index (χ0n) is 7.54. The quantitative estimate of drug-likeness (QED) is 0.644. The summed E-state index contributed by atoms with van der Waals surface area (Å²) in [5.74, 6) is 0. The molecule has 0 bridgehead atoms. The Morgan fingerprint density at radius 2 is 1.83 bits per heavy atom. The standard InChI is InChI=1S/C10H18O2/c1-2-12-10-8-6-4-3-5-7-9(10)11/h2,9-11H,1,3-8H2. The van der Waals surface area contributed by atoms with Gasteiger partial charge in [-0.2, -0.15) is 0 Å². The van der Waals surface area contributed by atoms with Crippen LogP contribution in [0, 0.1) is 0 Å². The second kappa shape index (κ2) is 5.20. The van der Waals surface area contributed by atoms with Crippen LogP contribution < -0.4 is 0 Å². The van der Waals surface area contributed by atoms with E-state index in [4.69, 9.17) is 4.74 Å². The molecule has 0 saturated heterocycles. The highest BCUT2D eigenvalue weighted by Gasteiger charge is 2.20. The summed E-state index contributed by atoms with van der Waals surface area (Å²) < 4.78 is 5.24. The molecule has 1 N–H and O–H groups in total. The summed E-state index contributed by atoms with van der Waals surface area (Å²) in [5, 5.41) is 9.63. The van der Waals surface area contributed by atoms with Gasteiger partial charge in [0.15, 0.2) is 0 Å². The van der Waals surface area contributed by atoms with Gasteiger partial charge in [0, 0.05) is 0 Å². The fourth-order valence-corrected chi connectivity index (χ4v) is 1.71. The predicted octanol–water partition coefficient (Wildman–Crippen LogP) is 2.23. The number of hydrogen-bond donors (Lipinski definition) is 1. The summed E-state index contributed by atoms with van der Waals surface area (Å²) in [5.41, 5.74) is 0. The minimum atomic E-state index is -0.289. The lowest BCUT2D eigenvalue weighted by molar-refractivity contribution is -0.00626. The van der Waals surface area contributed by atoms with E-state index in [-0.39, 0.29) is 12.2 Å². The first kappa shape index (κ1) is 9.59. The summed E-state index contributed by atoms with van der Waals surface area (Å²) in [6.45, 7) is 3.51. The Balaban J connectivity index is 2.37. The molecule has 2 nitrogen and oxygen atoms in total. The number of aliphatic hydroxyl groups excluding tert-OH is 1. The summed E-state index contributed by atoms with van der Waals surface area (Å²) in [4.78, 5) is 0. The summed E-state index contributed by atoms with van der Waals surface area (Å²) in [6, 6.07) is 0. The van der Waals surface area contributed by atoms with Gasteiger partial charge in [-0.05, 0) is 19.3 Å². The van der Waals surface area contributed by atoms with Gasteiger partial charge < -0.3 is 9.84 Å². The third kappa shape index (κ3) is 2.86. The van der Waals surface area contributed by atoms with Crippen LogP contribution in [0.25, 0.3) is 0 Å². The first-order chi connectivity index (χ1) is 5.84. The zero-order valence-corrected chi connectivity index (χ0v) is 7.54. The van der Waals surface area contributed by atoms with E-state index in [1.54, 1.807) is 0 Å². The van der Waals surface area contributed by atoms with Crippen LogP contribution in [0.5, 0.6) is 0 Å². The number of aliphatic hydroxyl groups is 1. The Morgan fingerprint density at radius 1 is 1.17 bits per heavy atom. The number of ether oxygens (including phenoxy) is 1. The van der Waals surface area contributed by atoms with E-state index in [0.29, 0.717) is 0 Å². The molecule has 70 valence electrons. The van der Waals surface area contributed by atoms with Crippen molar-refractivity contribution in [2.24, 2.45) is 0 Å². The zero-order chi connectivity index (χ0) is 8.81. The van der Waals surface area contributed by atoms with Gasteiger partial charge in [0.25, 0.3) is 0 Å². The van der Waals surface area contributed by atoms with Crippen molar-refractivity contribution in [2.75, 3.05) is 0 Å². The van der Waals surface area contributed by atoms with Crippen molar-refractivity contribution < 1.29 is 9.84 Å². The van der Waals surface area contributed by atoms with E-state index in [9.17, 15) is 5.11 Å². The average molecular weight is 170 g/mol. The van der Waals surface area contributed by atoms with E-state index in [2.05, 4.69) is 6.58 Å². The third-order valence-corrected chi connectivity index (χ3v) is 2.44. The van der Waals surface area contributed by atoms with E-state index in [1.165, 1.54) is 19.1 Å². The first-order valence-electron chi connectivity index (χ1n) is 4.79. The van der Waals surface area contributed by atoms with Crippen molar-refractivity contribution >= 4 is 0 Å². The van der Waals surface area contributed by atoms with Crippen LogP contribution in [0.2, 0.25) is 0 Å². The monoisotopic (exact) mass is 170 g/mol. The van der Waals surface area contributed by atoms with Crippen LogP contribution in [-0.4, -0.2) is 17.3 Å². The molecule has 1 aliphatic carbocycles. The summed E-state index contributed by atoms with van der Waals surface area (Å²) >= 11 is 0. The van der Waals surface area contributed by atoms with Crippen molar-refractivity contribution in [3.05, 3.63) is 12.8 Å². The predicted molar refractivity (Wildman–Crippen MR) is 48.8 cm³/mol. The summed E-state index contributed by atoms with van der Waals surface area (Å²) in [7, 11) is 0. The SMILES string of the molecule is C=COC1CCCCCCC1O. The molecule has 0 spiro atoms. The molecule has 2 unspecified atom stereocenters. The van der Waals surface area contributed by atoms with Gasteiger partial charge in [-0.15, -0.1) is 0 Å². The molecule has 1 saturated carbocycles. The van der Waals surface area contributed by atoms with E-state index in [0.717, 1.165) is 25.7 Å². The van der Waals surface area contributed by atoms with Crippen molar-refractivity contribution in [3.8, 4) is 0 Å². The topological polar surface area (TPSA) is 29.5 Å². The molecule has 0 heterocycles. The molecule has 0 aromatic carbocycles. The number of rotatable bonds is 2. The largest absolute Gasteiger partial charge is 0.496 e. The lowest BCUT2D eigenvalue weighted by atomic mass is 9.96. The summed E-state index contributed by atoms with van der Waals surface area (Å²) in [6.07, 6.45) is 7.78. The molecule has 1 aliphatic rings. The fourth-order valence-electron chi connectivity index (χ4n) is 1.71. The van der Waals surface area contributed by atoms with Crippen LogP contribution >= 0.6 is 0 Å². The normalized spacial score (nSPS) is 31.8. The Labute approximate surface area is 74.2 Å². The molecule has 0 aromatic rings. The van der Waals surface area contributed by atoms with Crippen LogP contribution in [0.4, 0.5) is 0 Å². The van der Waals surface area contributed by atoms with Crippen LogP contribution in [0.1, 0.15) is 38.5 Å². The van der Waals surface area contributed by atoms with Crippen molar-refractivity contribution in [3.63, 3.8) is 0 Å². The molecule has 2 heteroatoms. The lowest BCUT2D eigenvalue weighted by Gasteiger charge is -2.24. The minimum absolute atomic E-state index is 0.0113. The first-order valence-corrected chi connectivity index (χ1v) is 4.79.